The maximum Gasteiger partial charge on any atom is 0.282 e. The SMILES string of the molecule is CN(C)C1(Cc2ccccc2)CCC2(CC1)c1[nH]c3ccccc3c1CCN2C(=O)c1ccccc1[N+](=O)[O-]. The van der Waals surface area contributed by atoms with Crippen molar-refractivity contribution in [2.24, 2.45) is 0 Å². The molecule has 0 atom stereocenters. The molecule has 1 fully saturated rings. The molecule has 6 rings (SSSR count). The molecule has 4 aromatic rings. The van der Waals surface area contributed by atoms with Gasteiger partial charge >= 0.3 is 0 Å². The number of carbonyl (C=O) groups excluding carboxylic acids is 1. The molecule has 0 bridgehead atoms. The average molecular weight is 523 g/mol. The molecule has 1 saturated carbocycles. The Kier molecular flexibility index (Phi) is 6.26. The molecule has 1 N–H and O–H groups in total. The predicted molar refractivity (Wildman–Crippen MR) is 153 cm³/mol. The molecule has 0 unspecified atom stereocenters. The van der Waals surface area contributed by atoms with E-state index in [2.05, 4.69) is 66.4 Å². The highest BCUT2D eigenvalue weighted by atomic mass is 16.6. The molecule has 1 amide bonds. The molecule has 1 aliphatic carbocycles. The van der Waals surface area contributed by atoms with Crippen LogP contribution in [0.4, 0.5) is 5.69 Å². The third-order valence-electron chi connectivity index (χ3n) is 9.29. The highest BCUT2D eigenvalue weighted by molar-refractivity contribution is 5.99. The number of nitrogens with one attached hydrogen (secondary N) is 1. The van der Waals surface area contributed by atoms with Crippen LogP contribution >= 0.6 is 0 Å². The fourth-order valence-electron chi connectivity index (χ4n) is 7.09. The highest BCUT2D eigenvalue weighted by Gasteiger charge is 2.53. The minimum Gasteiger partial charge on any atom is -0.356 e. The molecule has 3 aromatic carbocycles. The van der Waals surface area contributed by atoms with E-state index in [1.54, 1.807) is 18.2 Å². The van der Waals surface area contributed by atoms with E-state index < -0.39 is 10.5 Å². The van der Waals surface area contributed by atoms with Gasteiger partial charge in [0.25, 0.3) is 11.6 Å². The fraction of sp³-hybridized carbons (Fsp3) is 0.344. The minimum atomic E-state index is -0.552. The third kappa shape index (κ3) is 4.12. The van der Waals surface area contributed by atoms with Gasteiger partial charge in [0.15, 0.2) is 0 Å². The standard InChI is InChI=1S/C32H34N4O3/c1-34(2)31(22-23-10-4-3-5-11-23)17-19-32(20-18-31)29-25(24-12-6-8-14-27(24)33-29)16-21-35(32)30(37)26-13-7-9-15-28(26)36(38)39/h3-15,33H,16-22H2,1-2H3. The van der Waals surface area contributed by atoms with Crippen molar-refractivity contribution in [2.75, 3.05) is 20.6 Å². The van der Waals surface area contributed by atoms with Crippen LogP contribution in [0.25, 0.3) is 10.9 Å². The van der Waals surface area contributed by atoms with Gasteiger partial charge in [-0.1, -0.05) is 60.7 Å². The number of rotatable bonds is 5. The monoisotopic (exact) mass is 522 g/mol. The summed E-state index contributed by atoms with van der Waals surface area (Å²) in [6.45, 7) is 0.535. The summed E-state index contributed by atoms with van der Waals surface area (Å²) >= 11 is 0. The van der Waals surface area contributed by atoms with Gasteiger partial charge in [0.1, 0.15) is 5.56 Å². The first kappa shape index (κ1) is 25.3. The van der Waals surface area contributed by atoms with Gasteiger partial charge in [-0.15, -0.1) is 0 Å². The predicted octanol–water partition coefficient (Wildman–Crippen LogP) is 6.09. The van der Waals surface area contributed by atoms with Crippen LogP contribution in [-0.2, 0) is 18.4 Å². The first-order valence-electron chi connectivity index (χ1n) is 13.7. The van der Waals surface area contributed by atoms with Crippen molar-refractivity contribution in [3.8, 4) is 0 Å². The molecule has 0 saturated heterocycles. The van der Waals surface area contributed by atoms with Crippen molar-refractivity contribution in [1.29, 1.82) is 0 Å². The zero-order valence-electron chi connectivity index (χ0n) is 22.5. The summed E-state index contributed by atoms with van der Waals surface area (Å²) in [5.74, 6) is -0.257. The van der Waals surface area contributed by atoms with Crippen molar-refractivity contribution >= 4 is 22.5 Å². The molecule has 7 nitrogen and oxygen atoms in total. The first-order chi connectivity index (χ1) is 18.8. The van der Waals surface area contributed by atoms with Crippen molar-refractivity contribution in [3.05, 3.63) is 111 Å². The molecule has 1 aromatic heterocycles. The van der Waals surface area contributed by atoms with Crippen molar-refractivity contribution in [2.45, 2.75) is 49.6 Å². The van der Waals surface area contributed by atoms with Crippen molar-refractivity contribution < 1.29 is 9.72 Å². The van der Waals surface area contributed by atoms with Gasteiger partial charge < -0.3 is 14.8 Å². The number of benzene rings is 3. The lowest BCUT2D eigenvalue weighted by molar-refractivity contribution is -0.385. The van der Waals surface area contributed by atoms with E-state index >= 15 is 0 Å². The second-order valence-corrected chi connectivity index (χ2v) is 11.3. The van der Waals surface area contributed by atoms with Gasteiger partial charge in [-0.3, -0.25) is 14.9 Å². The molecule has 39 heavy (non-hydrogen) atoms. The topological polar surface area (TPSA) is 82.5 Å². The van der Waals surface area contributed by atoms with Gasteiger partial charge in [-0.05, 0) is 75.9 Å². The lowest BCUT2D eigenvalue weighted by Crippen LogP contribution is -2.60. The Labute approximate surface area is 228 Å². The van der Waals surface area contributed by atoms with E-state index in [-0.39, 0.29) is 22.7 Å². The zero-order chi connectivity index (χ0) is 27.2. The molecule has 200 valence electrons. The summed E-state index contributed by atoms with van der Waals surface area (Å²) < 4.78 is 0. The van der Waals surface area contributed by atoms with Crippen LogP contribution in [0.3, 0.4) is 0 Å². The van der Waals surface area contributed by atoms with Crippen LogP contribution in [0.2, 0.25) is 0 Å². The summed E-state index contributed by atoms with van der Waals surface area (Å²) in [6, 6.07) is 25.3. The Balaban J connectivity index is 1.44. The number of para-hydroxylation sites is 2. The zero-order valence-corrected chi connectivity index (χ0v) is 22.5. The molecular weight excluding hydrogens is 488 g/mol. The number of nitrogens with zero attached hydrogens (tertiary/aromatic N) is 3. The third-order valence-corrected chi connectivity index (χ3v) is 9.29. The maximum absolute atomic E-state index is 14.2. The number of amides is 1. The molecule has 1 spiro atoms. The van der Waals surface area contributed by atoms with E-state index in [1.165, 1.54) is 22.6 Å². The largest absolute Gasteiger partial charge is 0.356 e. The van der Waals surface area contributed by atoms with E-state index in [4.69, 9.17) is 0 Å². The van der Waals surface area contributed by atoms with Crippen molar-refractivity contribution in [3.63, 3.8) is 0 Å². The van der Waals surface area contributed by atoms with Crippen LogP contribution in [0.5, 0.6) is 0 Å². The molecule has 0 radical (unpaired) electrons. The lowest BCUT2D eigenvalue weighted by atomic mass is 9.65. The van der Waals surface area contributed by atoms with Crippen LogP contribution in [0.1, 0.15) is 52.9 Å². The van der Waals surface area contributed by atoms with Gasteiger partial charge in [0.2, 0.25) is 0 Å². The normalized spacial score (nSPS) is 22.8. The number of hydrogen-bond acceptors (Lipinski definition) is 4. The summed E-state index contributed by atoms with van der Waals surface area (Å²) in [4.78, 5) is 33.6. The van der Waals surface area contributed by atoms with Crippen LogP contribution in [0, 0.1) is 10.1 Å². The second kappa shape index (κ2) is 9.65. The number of nitro groups is 1. The summed E-state index contributed by atoms with van der Waals surface area (Å²) in [7, 11) is 4.32. The van der Waals surface area contributed by atoms with Gasteiger partial charge in [0, 0.05) is 34.7 Å². The van der Waals surface area contributed by atoms with E-state index in [1.807, 2.05) is 17.0 Å². The summed E-state index contributed by atoms with van der Waals surface area (Å²) in [5.41, 5.74) is 4.21. The number of nitro benzene ring substituents is 1. The summed E-state index contributed by atoms with van der Waals surface area (Å²) in [5, 5.41) is 13.1. The molecule has 2 aliphatic rings. The Morgan fingerprint density at radius 3 is 2.33 bits per heavy atom. The number of fused-ring (bicyclic) bond motifs is 4. The van der Waals surface area contributed by atoms with E-state index in [9.17, 15) is 14.9 Å². The van der Waals surface area contributed by atoms with Gasteiger partial charge in [-0.25, -0.2) is 0 Å². The smallest absolute Gasteiger partial charge is 0.282 e. The second-order valence-electron chi connectivity index (χ2n) is 11.3. The van der Waals surface area contributed by atoms with Crippen LogP contribution < -0.4 is 0 Å². The fourth-order valence-corrected chi connectivity index (χ4v) is 7.09. The van der Waals surface area contributed by atoms with E-state index in [0.29, 0.717) is 6.54 Å². The maximum atomic E-state index is 14.2. The van der Waals surface area contributed by atoms with Gasteiger partial charge in [0.05, 0.1) is 10.5 Å². The Bertz CT molecular complexity index is 1530. The Hall–Kier alpha value is -3.97. The Morgan fingerprint density at radius 1 is 0.949 bits per heavy atom. The van der Waals surface area contributed by atoms with Crippen LogP contribution in [-0.4, -0.2) is 51.8 Å². The quantitative estimate of drug-likeness (QED) is 0.254. The lowest BCUT2D eigenvalue weighted by Gasteiger charge is -2.55. The number of aromatic amines is 1. The van der Waals surface area contributed by atoms with Crippen LogP contribution in [0.15, 0.2) is 78.9 Å². The molecule has 2 heterocycles. The molecule has 1 aliphatic heterocycles. The first-order valence-corrected chi connectivity index (χ1v) is 13.7. The number of H-pyrrole nitrogens is 1. The summed E-state index contributed by atoms with van der Waals surface area (Å²) in [6.07, 6.45) is 5.04. The number of carbonyl (C=O) groups is 1. The average Bonchev–Trinajstić information content (AvgIpc) is 3.34. The molecule has 7 heteroatoms. The molecular formula is C32H34N4O3. The minimum absolute atomic E-state index is 0.0380. The van der Waals surface area contributed by atoms with Crippen molar-refractivity contribution in [1.82, 2.24) is 14.8 Å². The Morgan fingerprint density at radius 2 is 1.62 bits per heavy atom. The van der Waals surface area contributed by atoms with Gasteiger partial charge in [-0.2, -0.15) is 0 Å². The number of likely N-dealkylation sites (N-methyl/N-ethyl adjacent to an activating group) is 1. The number of aromatic nitrogens is 1. The highest BCUT2D eigenvalue weighted by Crippen LogP contribution is 2.52. The number of hydrogen-bond donors (Lipinski definition) is 1. The van der Waals surface area contributed by atoms with E-state index in [0.717, 1.165) is 49.7 Å².